The molecule has 1 unspecified atom stereocenters. The molecule has 0 bridgehead atoms. The lowest BCUT2D eigenvalue weighted by atomic mass is 10.1. The summed E-state index contributed by atoms with van der Waals surface area (Å²) in [5, 5.41) is 8.12. The van der Waals surface area contributed by atoms with Crippen molar-refractivity contribution in [2.75, 3.05) is 10.7 Å². The summed E-state index contributed by atoms with van der Waals surface area (Å²) in [5.74, 6) is -1.39. The van der Waals surface area contributed by atoms with Crippen molar-refractivity contribution in [3.8, 4) is 0 Å². The van der Waals surface area contributed by atoms with Crippen LogP contribution in [0.5, 0.6) is 0 Å². The molecule has 1 amide bonds. The molecule has 0 aromatic heterocycles. The van der Waals surface area contributed by atoms with E-state index in [1.807, 2.05) is 0 Å². The molecule has 2 aromatic carbocycles. The summed E-state index contributed by atoms with van der Waals surface area (Å²) < 4.78 is 39.9. The van der Waals surface area contributed by atoms with Gasteiger partial charge >= 0.3 is 12.1 Å². The van der Waals surface area contributed by atoms with E-state index in [-0.39, 0.29) is 22.8 Å². The van der Waals surface area contributed by atoms with Crippen LogP contribution < -0.4 is 4.90 Å². The summed E-state index contributed by atoms with van der Waals surface area (Å²) in [7, 11) is 0. The van der Waals surface area contributed by atoms with Crippen LogP contribution in [0.4, 0.5) is 18.9 Å². The van der Waals surface area contributed by atoms with Crippen LogP contribution in [-0.4, -0.2) is 22.7 Å². The highest BCUT2D eigenvalue weighted by Gasteiger charge is 2.40. The molecular formula is C17H12F3NO3S. The number of hydrogen-bond acceptors (Lipinski definition) is 3. The molecule has 1 atom stereocenters. The number of benzene rings is 2. The summed E-state index contributed by atoms with van der Waals surface area (Å²) in [5.41, 5.74) is -0.375. The Morgan fingerprint density at radius 2 is 1.76 bits per heavy atom. The minimum atomic E-state index is -4.53. The van der Waals surface area contributed by atoms with Gasteiger partial charge in [-0.25, -0.2) is 4.79 Å². The fourth-order valence-electron chi connectivity index (χ4n) is 2.67. The maximum atomic E-state index is 13.3. The summed E-state index contributed by atoms with van der Waals surface area (Å²) in [6.07, 6.45) is -4.53. The third-order valence-corrected chi connectivity index (χ3v) is 4.99. The second kappa shape index (κ2) is 6.44. The molecule has 3 rings (SSSR count). The molecule has 1 N–H and O–H groups in total. The average molecular weight is 367 g/mol. The zero-order valence-electron chi connectivity index (χ0n) is 12.7. The van der Waals surface area contributed by atoms with Gasteiger partial charge < -0.3 is 5.11 Å². The van der Waals surface area contributed by atoms with E-state index in [0.717, 1.165) is 17.8 Å². The van der Waals surface area contributed by atoms with Gasteiger partial charge in [-0.3, -0.25) is 9.69 Å². The zero-order chi connectivity index (χ0) is 18.2. The number of carbonyl (C=O) groups is 2. The normalized spacial score (nSPS) is 17.8. The molecule has 8 heteroatoms. The highest BCUT2D eigenvalue weighted by molar-refractivity contribution is 8.00. The molecule has 0 saturated carbocycles. The Morgan fingerprint density at radius 1 is 1.12 bits per heavy atom. The number of nitrogens with zero attached hydrogens (tertiary/aromatic N) is 1. The maximum Gasteiger partial charge on any atom is 0.416 e. The minimum absolute atomic E-state index is 0.00756. The van der Waals surface area contributed by atoms with E-state index in [1.54, 1.807) is 0 Å². The van der Waals surface area contributed by atoms with Crippen LogP contribution in [0.1, 0.15) is 26.9 Å². The Bertz CT molecular complexity index is 821. The van der Waals surface area contributed by atoms with Crippen molar-refractivity contribution in [2.24, 2.45) is 0 Å². The lowest BCUT2D eigenvalue weighted by Gasteiger charge is -2.26. The number of carbonyl (C=O) groups excluding carboxylic acids is 1. The molecular weight excluding hydrogens is 355 g/mol. The SMILES string of the molecule is O=C(O)c1ccc(N2C(=O)CSC2c2ccccc2C(F)(F)F)cc1. The molecule has 1 fully saturated rings. The zero-order valence-corrected chi connectivity index (χ0v) is 13.5. The average Bonchev–Trinajstić information content (AvgIpc) is 2.95. The van der Waals surface area contributed by atoms with Gasteiger partial charge in [-0.05, 0) is 35.9 Å². The minimum Gasteiger partial charge on any atom is -0.478 e. The number of thioether (sulfide) groups is 1. The molecule has 1 heterocycles. The van der Waals surface area contributed by atoms with Crippen molar-refractivity contribution in [3.05, 3.63) is 65.2 Å². The molecule has 1 aliphatic heterocycles. The lowest BCUT2D eigenvalue weighted by Crippen LogP contribution is -2.29. The number of carboxylic acids is 1. The number of carboxylic acid groups (broad SMARTS) is 1. The Hall–Kier alpha value is -2.48. The standard InChI is InChI=1S/C17H12F3NO3S/c18-17(19,20)13-4-2-1-3-12(13)15-21(14(22)9-25-15)11-7-5-10(6-8-11)16(23)24/h1-8,15H,9H2,(H,23,24). The van der Waals surface area contributed by atoms with Crippen molar-refractivity contribution in [2.45, 2.75) is 11.6 Å². The second-order valence-electron chi connectivity index (χ2n) is 5.36. The molecule has 130 valence electrons. The first-order valence-corrected chi connectivity index (χ1v) is 8.27. The van der Waals surface area contributed by atoms with Gasteiger partial charge in [0.15, 0.2) is 0 Å². The number of anilines is 1. The molecule has 0 aliphatic carbocycles. The Labute approximate surface area is 145 Å². The molecule has 4 nitrogen and oxygen atoms in total. The summed E-state index contributed by atoms with van der Waals surface area (Å²) in [4.78, 5) is 24.5. The predicted molar refractivity (Wildman–Crippen MR) is 87.5 cm³/mol. The van der Waals surface area contributed by atoms with Gasteiger partial charge in [0.25, 0.3) is 0 Å². The molecule has 0 spiro atoms. The lowest BCUT2D eigenvalue weighted by molar-refractivity contribution is -0.138. The quantitative estimate of drug-likeness (QED) is 0.884. The summed E-state index contributed by atoms with van der Waals surface area (Å²) >= 11 is 1.11. The van der Waals surface area contributed by atoms with E-state index in [0.29, 0.717) is 5.69 Å². The van der Waals surface area contributed by atoms with E-state index in [9.17, 15) is 22.8 Å². The van der Waals surface area contributed by atoms with Crippen LogP contribution >= 0.6 is 11.8 Å². The van der Waals surface area contributed by atoms with E-state index in [1.165, 1.54) is 47.4 Å². The third kappa shape index (κ3) is 3.34. The number of alkyl halides is 3. The topological polar surface area (TPSA) is 57.6 Å². The first-order chi connectivity index (χ1) is 11.8. The van der Waals surface area contributed by atoms with Crippen molar-refractivity contribution >= 4 is 29.3 Å². The summed E-state index contributed by atoms with van der Waals surface area (Å²) in [6, 6.07) is 10.6. The Morgan fingerprint density at radius 3 is 2.36 bits per heavy atom. The number of rotatable bonds is 3. The van der Waals surface area contributed by atoms with Crippen molar-refractivity contribution < 1.29 is 27.9 Å². The Balaban J connectivity index is 2.03. The van der Waals surface area contributed by atoms with Crippen LogP contribution in [0.3, 0.4) is 0 Å². The number of halogens is 3. The van der Waals surface area contributed by atoms with Gasteiger partial charge in [0.05, 0.1) is 16.9 Å². The highest BCUT2D eigenvalue weighted by atomic mass is 32.2. The van der Waals surface area contributed by atoms with Crippen LogP contribution in [0.15, 0.2) is 48.5 Å². The molecule has 2 aromatic rings. The fourth-order valence-corrected chi connectivity index (χ4v) is 3.88. The van der Waals surface area contributed by atoms with Gasteiger partial charge in [0.2, 0.25) is 5.91 Å². The van der Waals surface area contributed by atoms with Gasteiger partial charge in [-0.2, -0.15) is 13.2 Å². The van der Waals surface area contributed by atoms with Crippen LogP contribution in [0.2, 0.25) is 0 Å². The van der Waals surface area contributed by atoms with E-state index >= 15 is 0 Å². The third-order valence-electron chi connectivity index (χ3n) is 3.79. The first-order valence-electron chi connectivity index (χ1n) is 7.22. The van der Waals surface area contributed by atoms with Gasteiger partial charge in [-0.1, -0.05) is 18.2 Å². The van der Waals surface area contributed by atoms with Gasteiger partial charge in [0.1, 0.15) is 5.37 Å². The monoisotopic (exact) mass is 367 g/mol. The van der Waals surface area contributed by atoms with Gasteiger partial charge in [0, 0.05) is 5.69 Å². The number of hydrogen-bond donors (Lipinski definition) is 1. The number of amides is 1. The molecule has 25 heavy (non-hydrogen) atoms. The van der Waals surface area contributed by atoms with Crippen LogP contribution in [0.25, 0.3) is 0 Å². The van der Waals surface area contributed by atoms with Crippen molar-refractivity contribution in [3.63, 3.8) is 0 Å². The Kier molecular flexibility index (Phi) is 4.47. The molecule has 1 saturated heterocycles. The van der Waals surface area contributed by atoms with E-state index in [4.69, 9.17) is 5.11 Å². The maximum absolute atomic E-state index is 13.3. The van der Waals surface area contributed by atoms with Crippen molar-refractivity contribution in [1.82, 2.24) is 0 Å². The largest absolute Gasteiger partial charge is 0.478 e. The van der Waals surface area contributed by atoms with Crippen LogP contribution in [-0.2, 0) is 11.0 Å². The van der Waals surface area contributed by atoms with E-state index < -0.39 is 23.1 Å². The predicted octanol–water partition coefficient (Wildman–Crippen LogP) is 4.18. The van der Waals surface area contributed by atoms with Crippen molar-refractivity contribution in [1.29, 1.82) is 0 Å². The first kappa shape index (κ1) is 17.3. The second-order valence-corrected chi connectivity index (χ2v) is 6.43. The summed E-state index contributed by atoms with van der Waals surface area (Å²) in [6.45, 7) is 0. The van der Waals surface area contributed by atoms with Crippen LogP contribution in [0, 0.1) is 0 Å². The smallest absolute Gasteiger partial charge is 0.416 e. The molecule has 1 aliphatic rings. The fraction of sp³-hybridized carbons (Fsp3) is 0.176. The van der Waals surface area contributed by atoms with Gasteiger partial charge in [-0.15, -0.1) is 11.8 Å². The molecule has 0 radical (unpaired) electrons. The highest BCUT2D eigenvalue weighted by Crippen LogP contribution is 2.45. The van der Waals surface area contributed by atoms with E-state index in [2.05, 4.69) is 0 Å². The number of aromatic carboxylic acids is 1.